The van der Waals surface area contributed by atoms with Crippen LogP contribution in [-0.4, -0.2) is 30.1 Å². The van der Waals surface area contributed by atoms with Crippen LogP contribution in [0.5, 0.6) is 0 Å². The third-order valence-electron chi connectivity index (χ3n) is 2.92. The van der Waals surface area contributed by atoms with Crippen LogP contribution in [0.1, 0.15) is 11.1 Å². The highest BCUT2D eigenvalue weighted by Gasteiger charge is 2.03. The molecule has 2 rings (SSSR count). The number of aromatic nitrogens is 2. The molecule has 21 heavy (non-hydrogen) atoms. The molecule has 0 fully saturated rings. The monoisotopic (exact) mass is 285 g/mol. The van der Waals surface area contributed by atoms with E-state index in [9.17, 15) is 4.79 Å². The highest BCUT2D eigenvalue weighted by atomic mass is 16.2. The zero-order valence-corrected chi connectivity index (χ0v) is 12.2. The zero-order chi connectivity index (χ0) is 15.1. The molecule has 6 heteroatoms. The number of carbonyl (C=O) groups is 1. The molecule has 2 aromatic heterocycles. The highest BCUT2D eigenvalue weighted by Crippen LogP contribution is 2.09. The summed E-state index contributed by atoms with van der Waals surface area (Å²) >= 11 is 0. The molecule has 0 saturated carbocycles. The van der Waals surface area contributed by atoms with E-state index in [4.69, 9.17) is 0 Å². The lowest BCUT2D eigenvalue weighted by Crippen LogP contribution is -2.34. The van der Waals surface area contributed by atoms with Gasteiger partial charge in [-0.2, -0.15) is 0 Å². The van der Waals surface area contributed by atoms with Gasteiger partial charge in [0.05, 0.1) is 0 Å². The molecule has 0 aliphatic carbocycles. The van der Waals surface area contributed by atoms with E-state index in [0.717, 1.165) is 16.9 Å². The largest absolute Gasteiger partial charge is 0.363 e. The van der Waals surface area contributed by atoms with Gasteiger partial charge in [-0.3, -0.25) is 4.98 Å². The smallest absolute Gasteiger partial charge is 0.315 e. The van der Waals surface area contributed by atoms with Gasteiger partial charge in [0.15, 0.2) is 0 Å². The molecular weight excluding hydrogens is 266 g/mol. The number of rotatable bonds is 5. The molecule has 0 radical (unpaired) electrons. The maximum Gasteiger partial charge on any atom is 0.315 e. The Hall–Kier alpha value is -2.63. The second-order valence-electron chi connectivity index (χ2n) is 4.81. The van der Waals surface area contributed by atoms with E-state index in [1.807, 2.05) is 43.3 Å². The predicted molar refractivity (Wildman–Crippen MR) is 81.9 cm³/mol. The summed E-state index contributed by atoms with van der Waals surface area (Å²) < 4.78 is 0. The fourth-order valence-electron chi connectivity index (χ4n) is 1.74. The normalized spacial score (nSPS) is 10.0. The first-order chi connectivity index (χ1) is 10.1. The van der Waals surface area contributed by atoms with Gasteiger partial charge in [-0.15, -0.1) is 0 Å². The van der Waals surface area contributed by atoms with Crippen LogP contribution in [0.2, 0.25) is 0 Å². The minimum Gasteiger partial charge on any atom is -0.363 e. The van der Waals surface area contributed by atoms with Gasteiger partial charge in [-0.25, -0.2) is 9.78 Å². The quantitative estimate of drug-likeness (QED) is 0.874. The predicted octanol–water partition coefficient (Wildman–Crippen LogP) is 1.54. The van der Waals surface area contributed by atoms with Gasteiger partial charge in [0, 0.05) is 45.8 Å². The van der Waals surface area contributed by atoms with Gasteiger partial charge in [-0.1, -0.05) is 0 Å². The summed E-state index contributed by atoms with van der Waals surface area (Å²) in [6.45, 7) is 0.944. The Balaban J connectivity index is 1.80. The number of amides is 2. The summed E-state index contributed by atoms with van der Waals surface area (Å²) in [7, 11) is 3.86. The maximum absolute atomic E-state index is 11.7. The Morgan fingerprint density at radius 2 is 1.67 bits per heavy atom. The minimum atomic E-state index is -0.199. The molecule has 0 atom stereocenters. The van der Waals surface area contributed by atoms with E-state index in [1.165, 1.54) is 0 Å². The first-order valence-corrected chi connectivity index (χ1v) is 6.68. The van der Waals surface area contributed by atoms with E-state index in [1.54, 1.807) is 18.6 Å². The van der Waals surface area contributed by atoms with E-state index in [0.29, 0.717) is 13.1 Å². The number of nitrogens with zero attached hydrogens (tertiary/aromatic N) is 3. The van der Waals surface area contributed by atoms with Crippen molar-refractivity contribution in [1.82, 2.24) is 20.6 Å². The van der Waals surface area contributed by atoms with E-state index >= 15 is 0 Å². The highest BCUT2D eigenvalue weighted by molar-refractivity contribution is 5.73. The average molecular weight is 285 g/mol. The van der Waals surface area contributed by atoms with Gasteiger partial charge in [0.1, 0.15) is 5.82 Å². The molecule has 2 N–H and O–H groups in total. The molecule has 0 spiro atoms. The third kappa shape index (κ3) is 4.76. The zero-order valence-electron chi connectivity index (χ0n) is 12.2. The van der Waals surface area contributed by atoms with E-state index < -0.39 is 0 Å². The van der Waals surface area contributed by atoms with Gasteiger partial charge in [0.25, 0.3) is 0 Å². The number of hydrogen-bond donors (Lipinski definition) is 2. The first kappa shape index (κ1) is 14.8. The number of nitrogens with one attached hydrogen (secondary N) is 2. The molecule has 2 heterocycles. The van der Waals surface area contributed by atoms with Crippen molar-refractivity contribution < 1.29 is 4.79 Å². The van der Waals surface area contributed by atoms with E-state index in [-0.39, 0.29) is 6.03 Å². The molecule has 0 bridgehead atoms. The molecule has 2 amide bonds. The van der Waals surface area contributed by atoms with Crippen molar-refractivity contribution in [1.29, 1.82) is 0 Å². The molecule has 0 aliphatic rings. The van der Waals surface area contributed by atoms with Gasteiger partial charge in [0.2, 0.25) is 0 Å². The van der Waals surface area contributed by atoms with Crippen LogP contribution in [-0.2, 0) is 13.1 Å². The van der Waals surface area contributed by atoms with Gasteiger partial charge in [-0.05, 0) is 35.4 Å². The first-order valence-electron chi connectivity index (χ1n) is 6.68. The van der Waals surface area contributed by atoms with Crippen LogP contribution >= 0.6 is 0 Å². The van der Waals surface area contributed by atoms with Gasteiger partial charge < -0.3 is 15.5 Å². The van der Waals surface area contributed by atoms with Crippen molar-refractivity contribution >= 4 is 11.8 Å². The van der Waals surface area contributed by atoms with Crippen molar-refractivity contribution in [3.8, 4) is 0 Å². The number of anilines is 1. The molecule has 110 valence electrons. The second-order valence-corrected chi connectivity index (χ2v) is 4.81. The number of pyridine rings is 2. The van der Waals surface area contributed by atoms with Crippen LogP contribution < -0.4 is 15.5 Å². The van der Waals surface area contributed by atoms with Crippen molar-refractivity contribution in [2.45, 2.75) is 13.1 Å². The Labute approximate surface area is 124 Å². The van der Waals surface area contributed by atoms with Crippen molar-refractivity contribution in [3.63, 3.8) is 0 Å². The van der Waals surface area contributed by atoms with Crippen LogP contribution in [0, 0.1) is 0 Å². The topological polar surface area (TPSA) is 70.2 Å². The minimum absolute atomic E-state index is 0.199. The van der Waals surface area contributed by atoms with Crippen LogP contribution in [0.25, 0.3) is 0 Å². The van der Waals surface area contributed by atoms with Crippen LogP contribution in [0.3, 0.4) is 0 Å². The Kier molecular flexibility index (Phi) is 5.09. The van der Waals surface area contributed by atoms with Crippen LogP contribution in [0.4, 0.5) is 10.6 Å². The fraction of sp³-hybridized carbons (Fsp3) is 0.267. The maximum atomic E-state index is 11.7. The molecule has 0 saturated heterocycles. The summed E-state index contributed by atoms with van der Waals surface area (Å²) in [5.41, 5.74) is 2.02. The number of urea groups is 1. The Morgan fingerprint density at radius 1 is 1.05 bits per heavy atom. The summed E-state index contributed by atoms with van der Waals surface area (Å²) in [5, 5.41) is 5.63. The van der Waals surface area contributed by atoms with Crippen molar-refractivity contribution in [2.75, 3.05) is 19.0 Å². The lowest BCUT2D eigenvalue weighted by Gasteiger charge is -2.12. The Bertz CT molecular complexity index is 586. The standard InChI is InChI=1S/C15H19N5O/c1-20(2)14-9-13(5-8-17-14)11-19-15(21)18-10-12-3-6-16-7-4-12/h3-9H,10-11H2,1-2H3,(H2,18,19,21). The van der Waals surface area contributed by atoms with E-state index in [2.05, 4.69) is 20.6 Å². The SMILES string of the molecule is CN(C)c1cc(CNC(=O)NCc2ccncc2)ccn1. The molecule has 0 unspecified atom stereocenters. The number of hydrogen-bond acceptors (Lipinski definition) is 4. The number of carbonyl (C=O) groups excluding carboxylic acids is 1. The lowest BCUT2D eigenvalue weighted by molar-refractivity contribution is 0.240. The summed E-state index contributed by atoms with van der Waals surface area (Å²) in [6.07, 6.45) is 5.14. The third-order valence-corrected chi connectivity index (χ3v) is 2.92. The average Bonchev–Trinajstić information content (AvgIpc) is 2.52. The second kappa shape index (κ2) is 7.23. The van der Waals surface area contributed by atoms with Crippen LogP contribution in [0.15, 0.2) is 42.9 Å². The molecule has 0 aromatic carbocycles. The lowest BCUT2D eigenvalue weighted by atomic mass is 10.2. The summed E-state index contributed by atoms with van der Waals surface area (Å²) in [6, 6.07) is 7.37. The molecule has 0 aliphatic heterocycles. The summed E-state index contributed by atoms with van der Waals surface area (Å²) in [4.78, 5) is 21.8. The van der Waals surface area contributed by atoms with Gasteiger partial charge >= 0.3 is 6.03 Å². The molecular formula is C15H19N5O. The molecule has 2 aromatic rings. The van der Waals surface area contributed by atoms with Crippen molar-refractivity contribution in [2.24, 2.45) is 0 Å². The Morgan fingerprint density at radius 3 is 2.33 bits per heavy atom. The van der Waals surface area contributed by atoms with Crippen molar-refractivity contribution in [3.05, 3.63) is 54.0 Å². The molecule has 6 nitrogen and oxygen atoms in total. The fourth-order valence-corrected chi connectivity index (χ4v) is 1.74. The summed E-state index contributed by atoms with van der Waals surface area (Å²) in [5.74, 6) is 0.867.